The van der Waals surface area contributed by atoms with Crippen molar-refractivity contribution in [1.82, 2.24) is 5.32 Å². The number of carbonyl (C=O) groups is 1. The second-order valence-electron chi connectivity index (χ2n) is 4.57. The van der Waals surface area contributed by atoms with Gasteiger partial charge >= 0.3 is 0 Å². The van der Waals surface area contributed by atoms with E-state index in [4.69, 9.17) is 4.74 Å². The van der Waals surface area contributed by atoms with Crippen LogP contribution >= 0.6 is 15.9 Å². The van der Waals surface area contributed by atoms with Crippen molar-refractivity contribution >= 4 is 21.8 Å². The van der Waals surface area contributed by atoms with Crippen molar-refractivity contribution in [3.8, 4) is 5.75 Å². The molecule has 18 heavy (non-hydrogen) atoms. The Labute approximate surface area is 116 Å². The molecule has 1 aromatic rings. The fraction of sp³-hybridized carbons (Fsp3) is 0.500. The van der Waals surface area contributed by atoms with Crippen LogP contribution in [0.1, 0.15) is 25.7 Å². The van der Waals surface area contributed by atoms with Gasteiger partial charge in [0.15, 0.2) is 0 Å². The largest absolute Gasteiger partial charge is 0.494 e. The maximum Gasteiger partial charge on any atom is 0.223 e. The zero-order valence-electron chi connectivity index (χ0n) is 10.3. The van der Waals surface area contributed by atoms with Gasteiger partial charge in [-0.3, -0.25) is 4.79 Å². The molecule has 1 aliphatic rings. The lowest BCUT2D eigenvalue weighted by molar-refractivity contribution is -0.125. The molecule has 1 N–H and O–H groups in total. The van der Waals surface area contributed by atoms with Crippen LogP contribution in [0.5, 0.6) is 5.75 Å². The van der Waals surface area contributed by atoms with E-state index in [1.54, 1.807) is 0 Å². The first kappa shape index (κ1) is 13.4. The third-order valence-electron chi connectivity index (χ3n) is 3.20. The molecule has 1 saturated heterocycles. The SMILES string of the molecule is O=C1NCCCCC1CCOc1ccc(Br)cc1. The number of nitrogens with one attached hydrogen (secondary N) is 1. The Balaban J connectivity index is 1.77. The third kappa shape index (κ3) is 4.02. The summed E-state index contributed by atoms with van der Waals surface area (Å²) >= 11 is 3.38. The smallest absolute Gasteiger partial charge is 0.223 e. The van der Waals surface area contributed by atoms with Crippen molar-refractivity contribution in [2.24, 2.45) is 5.92 Å². The van der Waals surface area contributed by atoms with Crippen molar-refractivity contribution in [3.63, 3.8) is 0 Å². The number of ether oxygens (including phenoxy) is 1. The number of rotatable bonds is 4. The number of hydrogen-bond acceptors (Lipinski definition) is 2. The summed E-state index contributed by atoms with van der Waals surface area (Å²) in [5.41, 5.74) is 0. The van der Waals surface area contributed by atoms with E-state index in [2.05, 4.69) is 21.2 Å². The molecule has 2 rings (SSSR count). The highest BCUT2D eigenvalue weighted by atomic mass is 79.9. The second-order valence-corrected chi connectivity index (χ2v) is 5.49. The van der Waals surface area contributed by atoms with Crippen LogP contribution in [0.25, 0.3) is 0 Å². The van der Waals surface area contributed by atoms with E-state index in [0.717, 1.165) is 42.5 Å². The van der Waals surface area contributed by atoms with Gasteiger partial charge in [-0.2, -0.15) is 0 Å². The molecule has 1 aliphatic heterocycles. The molecule has 0 saturated carbocycles. The monoisotopic (exact) mass is 311 g/mol. The zero-order valence-corrected chi connectivity index (χ0v) is 11.9. The van der Waals surface area contributed by atoms with E-state index in [-0.39, 0.29) is 11.8 Å². The summed E-state index contributed by atoms with van der Waals surface area (Å²) in [6.07, 6.45) is 3.99. The third-order valence-corrected chi connectivity index (χ3v) is 3.73. The first-order chi connectivity index (χ1) is 8.75. The van der Waals surface area contributed by atoms with Gasteiger partial charge in [0.05, 0.1) is 6.61 Å². The maximum absolute atomic E-state index is 11.7. The fourth-order valence-corrected chi connectivity index (χ4v) is 2.39. The first-order valence-electron chi connectivity index (χ1n) is 6.42. The molecule has 0 radical (unpaired) electrons. The van der Waals surface area contributed by atoms with Crippen molar-refractivity contribution in [2.45, 2.75) is 25.7 Å². The quantitative estimate of drug-likeness (QED) is 0.927. The van der Waals surface area contributed by atoms with Crippen LogP contribution in [-0.4, -0.2) is 19.1 Å². The van der Waals surface area contributed by atoms with Crippen LogP contribution in [0, 0.1) is 5.92 Å². The topological polar surface area (TPSA) is 38.3 Å². The second kappa shape index (κ2) is 6.78. The Hall–Kier alpha value is -1.03. The predicted octanol–water partition coefficient (Wildman–Crippen LogP) is 3.13. The van der Waals surface area contributed by atoms with Gasteiger partial charge in [-0.1, -0.05) is 22.4 Å². The molecule has 98 valence electrons. The molecule has 4 heteroatoms. The van der Waals surface area contributed by atoms with Crippen LogP contribution in [0.15, 0.2) is 28.7 Å². The molecular weight excluding hydrogens is 294 g/mol. The molecule has 1 aromatic carbocycles. The minimum atomic E-state index is 0.114. The van der Waals surface area contributed by atoms with Gasteiger partial charge in [-0.25, -0.2) is 0 Å². The molecule has 1 unspecified atom stereocenters. The number of hydrogen-bond donors (Lipinski definition) is 1. The molecule has 1 amide bonds. The molecule has 0 bridgehead atoms. The first-order valence-corrected chi connectivity index (χ1v) is 7.21. The lowest BCUT2D eigenvalue weighted by atomic mass is 9.99. The summed E-state index contributed by atoms with van der Waals surface area (Å²) in [6, 6.07) is 7.76. The predicted molar refractivity (Wildman–Crippen MR) is 74.6 cm³/mol. The van der Waals surface area contributed by atoms with Crippen molar-refractivity contribution < 1.29 is 9.53 Å². The Morgan fingerprint density at radius 2 is 2.06 bits per heavy atom. The average Bonchev–Trinajstić information content (AvgIpc) is 2.57. The van der Waals surface area contributed by atoms with Crippen LogP contribution < -0.4 is 10.1 Å². The highest BCUT2D eigenvalue weighted by Gasteiger charge is 2.20. The Bertz CT molecular complexity index is 391. The number of halogens is 1. The highest BCUT2D eigenvalue weighted by Crippen LogP contribution is 2.19. The number of benzene rings is 1. The summed E-state index contributed by atoms with van der Waals surface area (Å²) in [4.78, 5) is 11.7. The maximum atomic E-state index is 11.7. The normalized spacial score (nSPS) is 20.1. The standard InChI is InChI=1S/C14H18BrNO2/c15-12-4-6-13(7-5-12)18-10-8-11-3-1-2-9-16-14(11)17/h4-7,11H,1-3,8-10H2,(H,16,17). The van der Waals surface area contributed by atoms with E-state index in [0.29, 0.717) is 6.61 Å². The van der Waals surface area contributed by atoms with Gasteiger partial charge in [0.2, 0.25) is 5.91 Å². The van der Waals surface area contributed by atoms with Crippen LogP contribution in [0.2, 0.25) is 0 Å². The summed E-state index contributed by atoms with van der Waals surface area (Å²) in [5.74, 6) is 1.15. The summed E-state index contributed by atoms with van der Waals surface area (Å²) in [5, 5.41) is 2.95. The number of amides is 1. The Kier molecular flexibility index (Phi) is 5.05. The molecular formula is C14H18BrNO2. The molecule has 1 heterocycles. The summed E-state index contributed by atoms with van der Waals surface area (Å²) < 4.78 is 6.69. The van der Waals surface area contributed by atoms with Crippen molar-refractivity contribution in [1.29, 1.82) is 0 Å². The molecule has 0 spiro atoms. The lowest BCUT2D eigenvalue weighted by Gasteiger charge is -2.13. The van der Waals surface area contributed by atoms with E-state index >= 15 is 0 Å². The summed E-state index contributed by atoms with van der Waals surface area (Å²) in [7, 11) is 0. The van der Waals surface area contributed by atoms with Gasteiger partial charge < -0.3 is 10.1 Å². The fourth-order valence-electron chi connectivity index (χ4n) is 2.13. The molecule has 1 atom stereocenters. The van der Waals surface area contributed by atoms with Crippen molar-refractivity contribution in [3.05, 3.63) is 28.7 Å². The zero-order chi connectivity index (χ0) is 12.8. The minimum absolute atomic E-state index is 0.114. The van der Waals surface area contributed by atoms with Crippen molar-refractivity contribution in [2.75, 3.05) is 13.2 Å². The van der Waals surface area contributed by atoms with E-state index in [1.807, 2.05) is 24.3 Å². The highest BCUT2D eigenvalue weighted by molar-refractivity contribution is 9.10. The van der Waals surface area contributed by atoms with E-state index < -0.39 is 0 Å². The molecule has 0 aromatic heterocycles. The van der Waals surface area contributed by atoms with E-state index in [1.165, 1.54) is 0 Å². The average molecular weight is 312 g/mol. The van der Waals surface area contributed by atoms with Gasteiger partial charge in [0.1, 0.15) is 5.75 Å². The van der Waals surface area contributed by atoms with Gasteiger partial charge in [0.25, 0.3) is 0 Å². The van der Waals surface area contributed by atoms with Crippen LogP contribution in [0.4, 0.5) is 0 Å². The minimum Gasteiger partial charge on any atom is -0.494 e. The van der Waals surface area contributed by atoms with Crippen LogP contribution in [0.3, 0.4) is 0 Å². The Morgan fingerprint density at radius 1 is 1.28 bits per heavy atom. The molecule has 3 nitrogen and oxygen atoms in total. The van der Waals surface area contributed by atoms with Gasteiger partial charge in [0, 0.05) is 16.9 Å². The lowest BCUT2D eigenvalue weighted by Crippen LogP contribution is -2.29. The molecule has 0 aliphatic carbocycles. The van der Waals surface area contributed by atoms with Gasteiger partial charge in [-0.05, 0) is 43.5 Å². The number of carbonyl (C=O) groups excluding carboxylic acids is 1. The Morgan fingerprint density at radius 3 is 2.83 bits per heavy atom. The van der Waals surface area contributed by atoms with Crippen LogP contribution in [-0.2, 0) is 4.79 Å². The molecule has 1 fully saturated rings. The van der Waals surface area contributed by atoms with E-state index in [9.17, 15) is 4.79 Å². The summed E-state index contributed by atoms with van der Waals surface area (Å²) in [6.45, 7) is 1.42. The van der Waals surface area contributed by atoms with Gasteiger partial charge in [-0.15, -0.1) is 0 Å².